The van der Waals surface area contributed by atoms with E-state index in [1.165, 1.54) is 23.9 Å². The molecule has 0 unspecified atom stereocenters. The lowest BCUT2D eigenvalue weighted by Gasteiger charge is -2.30. The summed E-state index contributed by atoms with van der Waals surface area (Å²) >= 11 is 1.45. The molecular weight excluding hydrogens is 403 g/mol. The maximum atomic E-state index is 13.1. The highest BCUT2D eigenvalue weighted by Crippen LogP contribution is 2.19. The highest BCUT2D eigenvalue weighted by atomic mass is 32.2. The average Bonchev–Trinajstić information content (AvgIpc) is 2.75. The molecule has 0 saturated carbocycles. The number of nitrogens with zero attached hydrogens (tertiary/aromatic N) is 1. The van der Waals surface area contributed by atoms with Crippen LogP contribution >= 0.6 is 11.8 Å². The van der Waals surface area contributed by atoms with Crippen LogP contribution in [0, 0.1) is 5.82 Å². The van der Waals surface area contributed by atoms with Crippen LogP contribution in [-0.4, -0.2) is 42.2 Å². The summed E-state index contributed by atoms with van der Waals surface area (Å²) in [5, 5.41) is 2.83. The van der Waals surface area contributed by atoms with E-state index in [2.05, 4.69) is 5.32 Å². The molecule has 1 N–H and O–H groups in total. The van der Waals surface area contributed by atoms with Crippen molar-refractivity contribution in [2.75, 3.05) is 19.4 Å². The molecule has 0 saturated heterocycles. The Bertz CT molecular complexity index is 829. The number of rotatable bonds is 11. The molecule has 0 aliphatic carbocycles. The van der Waals surface area contributed by atoms with E-state index in [0.717, 1.165) is 11.1 Å². The number of benzene rings is 2. The van der Waals surface area contributed by atoms with Gasteiger partial charge in [-0.3, -0.25) is 9.59 Å². The zero-order chi connectivity index (χ0) is 21.9. The molecule has 2 aromatic rings. The van der Waals surface area contributed by atoms with Gasteiger partial charge in [0.15, 0.2) is 0 Å². The van der Waals surface area contributed by atoms with Gasteiger partial charge >= 0.3 is 0 Å². The number of hydrogen-bond donors (Lipinski definition) is 1. The van der Waals surface area contributed by atoms with Crippen molar-refractivity contribution < 1.29 is 18.7 Å². The standard InChI is InChI=1S/C23H29FN2O3S/c1-4-21(23(28)25-5-2)26(14-18-7-6-8-20(13-18)29-3)22(27)16-30-15-17-9-11-19(24)12-10-17/h6-13,21H,4-5,14-16H2,1-3H3,(H,25,28)/t21-/m1/s1. The summed E-state index contributed by atoms with van der Waals surface area (Å²) in [5.74, 6) is 0.991. The summed E-state index contributed by atoms with van der Waals surface area (Å²) in [5.41, 5.74) is 1.85. The molecule has 5 nitrogen and oxygen atoms in total. The highest BCUT2D eigenvalue weighted by molar-refractivity contribution is 7.99. The van der Waals surface area contributed by atoms with Gasteiger partial charge in [-0.1, -0.05) is 31.2 Å². The van der Waals surface area contributed by atoms with Crippen LogP contribution in [0.3, 0.4) is 0 Å². The topological polar surface area (TPSA) is 58.6 Å². The minimum absolute atomic E-state index is 0.108. The molecule has 0 bridgehead atoms. The summed E-state index contributed by atoms with van der Waals surface area (Å²) in [7, 11) is 1.59. The lowest BCUT2D eigenvalue weighted by Crippen LogP contribution is -2.49. The van der Waals surface area contributed by atoms with Crippen molar-refractivity contribution in [1.82, 2.24) is 10.2 Å². The summed E-state index contributed by atoms with van der Waals surface area (Å²) in [6, 6.07) is 13.2. The molecule has 0 radical (unpaired) electrons. The summed E-state index contributed by atoms with van der Waals surface area (Å²) in [6.07, 6.45) is 0.518. The Morgan fingerprint density at radius 1 is 1.13 bits per heavy atom. The van der Waals surface area contributed by atoms with Crippen molar-refractivity contribution in [3.05, 3.63) is 65.5 Å². The zero-order valence-electron chi connectivity index (χ0n) is 17.7. The lowest BCUT2D eigenvalue weighted by molar-refractivity contribution is -0.139. The van der Waals surface area contributed by atoms with Crippen molar-refractivity contribution in [1.29, 1.82) is 0 Å². The molecule has 0 aliphatic heterocycles. The highest BCUT2D eigenvalue weighted by Gasteiger charge is 2.28. The summed E-state index contributed by atoms with van der Waals surface area (Å²) in [4.78, 5) is 27.3. The van der Waals surface area contributed by atoms with Gasteiger partial charge in [-0.15, -0.1) is 11.8 Å². The molecule has 2 rings (SSSR count). The molecule has 0 aliphatic rings. The molecule has 7 heteroatoms. The molecule has 2 aromatic carbocycles. The minimum Gasteiger partial charge on any atom is -0.497 e. The molecule has 0 fully saturated rings. The average molecular weight is 433 g/mol. The fraction of sp³-hybridized carbons (Fsp3) is 0.391. The number of nitrogens with one attached hydrogen (secondary N) is 1. The van der Waals surface area contributed by atoms with E-state index in [1.807, 2.05) is 38.1 Å². The number of hydrogen-bond acceptors (Lipinski definition) is 4. The zero-order valence-corrected chi connectivity index (χ0v) is 18.5. The first-order valence-corrected chi connectivity index (χ1v) is 11.2. The maximum Gasteiger partial charge on any atom is 0.242 e. The SMILES string of the molecule is CCNC(=O)[C@@H](CC)N(Cc1cccc(OC)c1)C(=O)CSCc1ccc(F)cc1. The molecule has 0 heterocycles. The number of methoxy groups -OCH3 is 1. The Kier molecular flexibility index (Phi) is 9.67. The van der Waals surface area contributed by atoms with Gasteiger partial charge in [0.2, 0.25) is 11.8 Å². The van der Waals surface area contributed by atoms with E-state index in [1.54, 1.807) is 24.1 Å². The second-order valence-electron chi connectivity index (χ2n) is 6.81. The number of halogens is 1. The van der Waals surface area contributed by atoms with Crippen molar-refractivity contribution in [2.45, 2.75) is 38.6 Å². The quantitative estimate of drug-likeness (QED) is 0.583. The predicted molar refractivity (Wildman–Crippen MR) is 119 cm³/mol. The third-order valence-electron chi connectivity index (χ3n) is 4.63. The lowest BCUT2D eigenvalue weighted by atomic mass is 10.1. The Morgan fingerprint density at radius 2 is 1.87 bits per heavy atom. The van der Waals surface area contributed by atoms with E-state index < -0.39 is 6.04 Å². The van der Waals surface area contributed by atoms with Gasteiger partial charge in [0.05, 0.1) is 12.9 Å². The van der Waals surface area contributed by atoms with E-state index in [9.17, 15) is 14.0 Å². The number of thioether (sulfide) groups is 1. The van der Waals surface area contributed by atoms with E-state index >= 15 is 0 Å². The van der Waals surface area contributed by atoms with Gasteiger partial charge < -0.3 is 15.0 Å². The minimum atomic E-state index is -0.546. The Balaban J connectivity index is 2.12. The molecular formula is C23H29FN2O3S. The number of amides is 2. The van der Waals surface area contributed by atoms with Crippen LogP contribution in [0.5, 0.6) is 5.75 Å². The largest absolute Gasteiger partial charge is 0.497 e. The third kappa shape index (κ3) is 7.06. The summed E-state index contributed by atoms with van der Waals surface area (Å²) < 4.78 is 18.3. The predicted octanol–water partition coefficient (Wildman–Crippen LogP) is 4.01. The van der Waals surface area contributed by atoms with E-state index in [-0.39, 0.29) is 23.4 Å². The Hall–Kier alpha value is -2.54. The molecule has 0 aromatic heterocycles. The molecule has 1 atom stereocenters. The molecule has 162 valence electrons. The van der Waals surface area contributed by atoms with Crippen LogP contribution in [0.2, 0.25) is 0 Å². The fourth-order valence-electron chi connectivity index (χ4n) is 3.10. The Labute approximate surface area is 182 Å². The van der Waals surface area contributed by atoms with Gasteiger partial charge in [-0.25, -0.2) is 4.39 Å². The van der Waals surface area contributed by atoms with Gasteiger partial charge in [0, 0.05) is 18.8 Å². The number of likely N-dealkylation sites (N-methyl/N-ethyl adjacent to an activating group) is 1. The van der Waals surface area contributed by atoms with Gasteiger partial charge in [0.25, 0.3) is 0 Å². The van der Waals surface area contributed by atoms with E-state index in [0.29, 0.717) is 31.0 Å². The monoisotopic (exact) mass is 432 g/mol. The van der Waals surface area contributed by atoms with Crippen LogP contribution in [-0.2, 0) is 21.9 Å². The van der Waals surface area contributed by atoms with Crippen LogP contribution in [0.25, 0.3) is 0 Å². The van der Waals surface area contributed by atoms with Crippen molar-refractivity contribution in [3.63, 3.8) is 0 Å². The van der Waals surface area contributed by atoms with Crippen molar-refractivity contribution in [2.24, 2.45) is 0 Å². The first kappa shape index (κ1) is 23.7. The second kappa shape index (κ2) is 12.2. The molecule has 0 spiro atoms. The molecule has 2 amide bonds. The molecule has 30 heavy (non-hydrogen) atoms. The van der Waals surface area contributed by atoms with Crippen LogP contribution in [0.4, 0.5) is 4.39 Å². The van der Waals surface area contributed by atoms with Crippen LogP contribution in [0.1, 0.15) is 31.4 Å². The van der Waals surface area contributed by atoms with Gasteiger partial charge in [-0.05, 0) is 48.7 Å². The Morgan fingerprint density at radius 3 is 2.50 bits per heavy atom. The third-order valence-corrected chi connectivity index (χ3v) is 5.62. The first-order chi connectivity index (χ1) is 14.5. The van der Waals surface area contributed by atoms with E-state index in [4.69, 9.17) is 4.74 Å². The van der Waals surface area contributed by atoms with Crippen molar-refractivity contribution >= 4 is 23.6 Å². The number of ether oxygens (including phenoxy) is 1. The number of carbonyl (C=O) groups is 2. The van der Waals surface area contributed by atoms with Crippen molar-refractivity contribution in [3.8, 4) is 5.75 Å². The van der Waals surface area contributed by atoms with Gasteiger partial charge in [-0.2, -0.15) is 0 Å². The fourth-order valence-corrected chi connectivity index (χ4v) is 3.97. The second-order valence-corrected chi connectivity index (χ2v) is 7.80. The van der Waals surface area contributed by atoms with Crippen LogP contribution < -0.4 is 10.1 Å². The normalized spacial score (nSPS) is 11.6. The smallest absolute Gasteiger partial charge is 0.242 e. The first-order valence-electron chi connectivity index (χ1n) is 10.0. The summed E-state index contributed by atoms with van der Waals surface area (Å²) in [6.45, 7) is 4.59. The maximum absolute atomic E-state index is 13.1. The number of carbonyl (C=O) groups excluding carboxylic acids is 2. The van der Waals surface area contributed by atoms with Gasteiger partial charge in [0.1, 0.15) is 17.6 Å². The van der Waals surface area contributed by atoms with Crippen LogP contribution in [0.15, 0.2) is 48.5 Å².